The Morgan fingerprint density at radius 2 is 1.90 bits per heavy atom. The summed E-state index contributed by atoms with van der Waals surface area (Å²) in [6.45, 7) is 1.99. The molecule has 0 N–H and O–H groups in total. The van der Waals surface area contributed by atoms with Gasteiger partial charge >= 0.3 is 0 Å². The van der Waals surface area contributed by atoms with Gasteiger partial charge in [-0.1, -0.05) is 36.4 Å². The largest absolute Gasteiger partial charge is 0.493 e. The number of nitrogens with zero attached hydrogens (tertiary/aromatic N) is 4. The van der Waals surface area contributed by atoms with Gasteiger partial charge in [0.2, 0.25) is 0 Å². The van der Waals surface area contributed by atoms with Crippen molar-refractivity contribution in [3.05, 3.63) is 52.6 Å². The second kappa shape index (κ2) is 8.04. The summed E-state index contributed by atoms with van der Waals surface area (Å²) in [5.74, 6) is 1.82. The summed E-state index contributed by atoms with van der Waals surface area (Å²) in [7, 11) is 3.16. The van der Waals surface area contributed by atoms with Crippen LogP contribution in [0.2, 0.25) is 5.02 Å². The number of hydrogen-bond donors (Lipinski definition) is 0. The third kappa shape index (κ3) is 3.58. The molecule has 2 aromatic heterocycles. The monoisotopic (exact) mass is 432 g/mol. The summed E-state index contributed by atoms with van der Waals surface area (Å²) in [6, 6.07) is 8.29. The highest BCUT2D eigenvalue weighted by atomic mass is 35.5. The van der Waals surface area contributed by atoms with Gasteiger partial charge in [0.05, 0.1) is 19.7 Å². The van der Waals surface area contributed by atoms with E-state index in [1.54, 1.807) is 36.9 Å². The minimum atomic E-state index is -0.346. The number of thioether (sulfide) groups is 1. The predicted molar refractivity (Wildman–Crippen MR) is 112 cm³/mol. The van der Waals surface area contributed by atoms with E-state index < -0.39 is 0 Å². The van der Waals surface area contributed by atoms with Crippen molar-refractivity contribution in [2.75, 3.05) is 14.2 Å². The van der Waals surface area contributed by atoms with Crippen LogP contribution < -0.4 is 9.47 Å². The van der Waals surface area contributed by atoms with E-state index in [1.165, 1.54) is 17.8 Å². The molecule has 29 heavy (non-hydrogen) atoms. The lowest BCUT2D eigenvalue weighted by Gasteiger charge is -2.11. The van der Waals surface area contributed by atoms with Gasteiger partial charge in [-0.2, -0.15) is 4.52 Å². The second-order valence-corrected chi connectivity index (χ2v) is 7.57. The van der Waals surface area contributed by atoms with Crippen molar-refractivity contribution in [3.63, 3.8) is 0 Å². The first-order chi connectivity index (χ1) is 14.0. The fourth-order valence-electron chi connectivity index (χ4n) is 3.00. The van der Waals surface area contributed by atoms with Gasteiger partial charge in [-0.3, -0.25) is 0 Å². The molecule has 0 radical (unpaired) electrons. The van der Waals surface area contributed by atoms with Crippen molar-refractivity contribution in [2.24, 2.45) is 0 Å². The zero-order valence-electron chi connectivity index (χ0n) is 16.1. The molecule has 9 heteroatoms. The SMILES string of the molecule is CCc1nc2c3cc(OC)c(OC)cc3nc(SCc3c(F)cccc3Cl)n2n1. The van der Waals surface area contributed by atoms with Crippen molar-refractivity contribution < 1.29 is 13.9 Å². The topological polar surface area (TPSA) is 61.5 Å². The number of halogens is 2. The first-order valence-electron chi connectivity index (χ1n) is 8.92. The molecule has 0 aliphatic carbocycles. The lowest BCUT2D eigenvalue weighted by molar-refractivity contribution is 0.355. The number of ether oxygens (including phenoxy) is 2. The van der Waals surface area contributed by atoms with E-state index in [4.69, 9.17) is 26.1 Å². The molecule has 4 aromatic rings. The van der Waals surface area contributed by atoms with E-state index in [0.29, 0.717) is 56.4 Å². The van der Waals surface area contributed by atoms with Crippen LogP contribution >= 0.6 is 23.4 Å². The maximum Gasteiger partial charge on any atom is 0.191 e. The Balaban J connectivity index is 1.86. The van der Waals surface area contributed by atoms with E-state index >= 15 is 0 Å². The fourth-order valence-corrected chi connectivity index (χ4v) is 4.29. The van der Waals surface area contributed by atoms with E-state index in [1.807, 2.05) is 13.0 Å². The van der Waals surface area contributed by atoms with Gasteiger partial charge in [-0.05, 0) is 18.2 Å². The average Bonchev–Trinajstić information content (AvgIpc) is 3.17. The minimum absolute atomic E-state index is 0.313. The summed E-state index contributed by atoms with van der Waals surface area (Å²) < 4.78 is 26.7. The van der Waals surface area contributed by atoms with Crippen LogP contribution in [0.5, 0.6) is 11.5 Å². The van der Waals surface area contributed by atoms with Crippen molar-refractivity contribution in [1.82, 2.24) is 19.6 Å². The van der Waals surface area contributed by atoms with Crippen LogP contribution in [0.3, 0.4) is 0 Å². The molecule has 0 aliphatic heterocycles. The maximum absolute atomic E-state index is 14.2. The maximum atomic E-state index is 14.2. The molecule has 0 spiro atoms. The average molecular weight is 433 g/mol. The van der Waals surface area contributed by atoms with Crippen LogP contribution in [-0.2, 0) is 12.2 Å². The molecular weight excluding hydrogens is 415 g/mol. The van der Waals surface area contributed by atoms with Gasteiger partial charge in [0.1, 0.15) is 5.82 Å². The minimum Gasteiger partial charge on any atom is -0.493 e. The van der Waals surface area contributed by atoms with E-state index in [-0.39, 0.29) is 5.82 Å². The normalized spacial score (nSPS) is 11.3. The second-order valence-electron chi connectivity index (χ2n) is 6.22. The number of benzene rings is 2. The Morgan fingerprint density at radius 1 is 1.14 bits per heavy atom. The third-order valence-electron chi connectivity index (χ3n) is 4.51. The molecular formula is C20H18ClFN4O2S. The van der Waals surface area contributed by atoms with Gasteiger partial charge in [-0.15, -0.1) is 5.10 Å². The number of fused-ring (bicyclic) bond motifs is 3. The van der Waals surface area contributed by atoms with Crippen LogP contribution in [0.1, 0.15) is 18.3 Å². The molecule has 0 bridgehead atoms. The van der Waals surface area contributed by atoms with Gasteiger partial charge in [0.15, 0.2) is 28.1 Å². The van der Waals surface area contributed by atoms with Gasteiger partial charge in [0, 0.05) is 34.2 Å². The highest BCUT2D eigenvalue weighted by molar-refractivity contribution is 7.98. The molecule has 150 valence electrons. The summed E-state index contributed by atoms with van der Waals surface area (Å²) in [5, 5.41) is 6.33. The molecule has 0 aliphatic rings. The van der Waals surface area contributed by atoms with E-state index in [0.717, 1.165) is 5.39 Å². The number of methoxy groups -OCH3 is 2. The van der Waals surface area contributed by atoms with Crippen molar-refractivity contribution in [1.29, 1.82) is 0 Å². The van der Waals surface area contributed by atoms with Crippen LogP contribution in [0.15, 0.2) is 35.5 Å². The fraction of sp³-hybridized carbons (Fsp3) is 0.250. The summed E-state index contributed by atoms with van der Waals surface area (Å²) >= 11 is 7.52. The molecule has 4 rings (SSSR count). The molecule has 6 nitrogen and oxygen atoms in total. The predicted octanol–water partition coefficient (Wildman–Crippen LogP) is 4.94. The molecule has 0 fully saturated rings. The molecule has 0 saturated heterocycles. The van der Waals surface area contributed by atoms with Crippen LogP contribution in [0.25, 0.3) is 16.6 Å². The Kier molecular flexibility index (Phi) is 5.47. The van der Waals surface area contributed by atoms with Crippen molar-refractivity contribution in [3.8, 4) is 11.5 Å². The summed E-state index contributed by atoms with van der Waals surface area (Å²) in [4.78, 5) is 9.37. The zero-order valence-corrected chi connectivity index (χ0v) is 17.6. The zero-order chi connectivity index (χ0) is 20.5. The highest BCUT2D eigenvalue weighted by Crippen LogP contribution is 2.35. The number of aryl methyl sites for hydroxylation is 1. The van der Waals surface area contributed by atoms with Crippen molar-refractivity contribution >= 4 is 39.9 Å². The van der Waals surface area contributed by atoms with Crippen LogP contribution in [0, 0.1) is 5.82 Å². The Bertz CT molecular complexity index is 1190. The molecule has 2 heterocycles. The lowest BCUT2D eigenvalue weighted by atomic mass is 10.2. The van der Waals surface area contributed by atoms with Crippen LogP contribution in [0.4, 0.5) is 4.39 Å². The summed E-state index contributed by atoms with van der Waals surface area (Å²) in [6.07, 6.45) is 0.680. The molecule has 0 unspecified atom stereocenters. The Hall–Kier alpha value is -2.58. The smallest absolute Gasteiger partial charge is 0.191 e. The quantitative estimate of drug-likeness (QED) is 0.317. The first-order valence-corrected chi connectivity index (χ1v) is 10.3. The molecule has 0 saturated carbocycles. The first kappa shape index (κ1) is 19.7. The lowest BCUT2D eigenvalue weighted by Crippen LogP contribution is -2.00. The van der Waals surface area contributed by atoms with E-state index in [9.17, 15) is 4.39 Å². The van der Waals surface area contributed by atoms with Gasteiger partial charge in [-0.25, -0.2) is 14.4 Å². The molecule has 2 aromatic carbocycles. The van der Waals surface area contributed by atoms with E-state index in [2.05, 4.69) is 10.1 Å². The highest BCUT2D eigenvalue weighted by Gasteiger charge is 2.17. The molecule has 0 amide bonds. The van der Waals surface area contributed by atoms with Gasteiger partial charge < -0.3 is 9.47 Å². The van der Waals surface area contributed by atoms with Gasteiger partial charge in [0.25, 0.3) is 0 Å². The van der Waals surface area contributed by atoms with Crippen molar-refractivity contribution in [2.45, 2.75) is 24.3 Å². The Labute approximate surface area is 176 Å². The van der Waals surface area contributed by atoms with Crippen LogP contribution in [-0.4, -0.2) is 33.8 Å². The number of rotatable bonds is 6. The standard InChI is InChI=1S/C20H18ClFN4O2S/c1-4-18-24-19-11-8-16(27-2)17(28-3)9-15(11)23-20(26(19)25-18)29-10-12-13(21)6-5-7-14(12)22/h5-9H,4,10H2,1-3H3. The Morgan fingerprint density at radius 3 is 2.59 bits per heavy atom. The number of hydrogen-bond acceptors (Lipinski definition) is 6. The molecule has 0 atom stereocenters. The third-order valence-corrected chi connectivity index (χ3v) is 5.82. The summed E-state index contributed by atoms with van der Waals surface area (Å²) in [5.41, 5.74) is 1.78. The number of aromatic nitrogens is 4.